The van der Waals surface area contributed by atoms with Gasteiger partial charge in [0.05, 0.1) is 0 Å². The van der Waals surface area contributed by atoms with Gasteiger partial charge in [0.2, 0.25) is 65.0 Å². The third kappa shape index (κ3) is 19.8. The maximum Gasteiger partial charge on any atom is 0.246 e. The molecule has 6 rings (SSSR count). The maximum atomic E-state index is 15.2. The molecule has 3 aromatic rings. The molecule has 0 spiro atoms. The number of nitrogens with two attached hydrogens (primary N) is 4. The van der Waals surface area contributed by atoms with Crippen LogP contribution in [0.25, 0.3) is 10.9 Å². The van der Waals surface area contributed by atoms with Gasteiger partial charge >= 0.3 is 0 Å². The lowest BCUT2D eigenvalue weighted by atomic mass is 10.0. The molecule has 0 radical (unpaired) electrons. The van der Waals surface area contributed by atoms with Crippen molar-refractivity contribution in [2.24, 2.45) is 27.9 Å². The number of H-pyrrole nitrogens is 1. The molecular weight excluding hydrogens is 1150 g/mol. The average Bonchev–Trinajstić information content (AvgIpc) is 2.39. The number of unbranched alkanes of at least 4 members (excludes halogenated alkanes) is 1. The van der Waals surface area contributed by atoms with E-state index in [4.69, 9.17) is 22.9 Å². The summed E-state index contributed by atoms with van der Waals surface area (Å²) in [7, 11) is 3.83. The van der Waals surface area contributed by atoms with Crippen molar-refractivity contribution < 1.29 is 52.7 Å². The van der Waals surface area contributed by atoms with Crippen molar-refractivity contribution >= 4 is 103 Å². The van der Waals surface area contributed by atoms with Gasteiger partial charge in [0.1, 0.15) is 54.4 Å². The number of benzene rings is 2. The van der Waals surface area contributed by atoms with Crippen LogP contribution in [0.5, 0.6) is 0 Å². The van der Waals surface area contributed by atoms with Crippen molar-refractivity contribution in [1.82, 2.24) is 57.3 Å². The van der Waals surface area contributed by atoms with E-state index in [1.807, 2.05) is 24.3 Å². The Balaban J connectivity index is 1.37. The van der Waals surface area contributed by atoms with Crippen LogP contribution in [-0.4, -0.2) is 185 Å². The number of likely N-dealkylation sites (N-methyl/N-ethyl adjacent to an activating group) is 1. The summed E-state index contributed by atoms with van der Waals surface area (Å²) in [6.45, 7) is 1.99. The number of rotatable bonds is 21. The van der Waals surface area contributed by atoms with Crippen LogP contribution in [0, 0.1) is 0 Å². The molecule has 0 bridgehead atoms. The number of nitrogens with zero attached hydrogens (tertiary/aromatic N) is 3. The molecule has 1 aromatic heterocycles. The van der Waals surface area contributed by atoms with Crippen molar-refractivity contribution in [3.63, 3.8) is 0 Å². The van der Waals surface area contributed by atoms with Crippen LogP contribution in [0.15, 0.2) is 65.8 Å². The number of nitrogens with one attached hydrogen (secondary N) is 9. The number of carbonyl (C=O) groups excluding carboxylic acids is 11. The van der Waals surface area contributed by atoms with Crippen LogP contribution >= 0.6 is 21.6 Å². The second-order valence-corrected chi connectivity index (χ2v) is 24.1. The largest absolute Gasteiger partial charge is 0.370 e. The number of carbonyl (C=O) groups is 11. The predicted octanol–water partition coefficient (Wildman–Crippen LogP) is -1.67. The van der Waals surface area contributed by atoms with E-state index in [0.717, 1.165) is 21.7 Å². The number of fused-ring (bicyclic) bond motifs is 1. The molecule has 0 saturated carbocycles. The van der Waals surface area contributed by atoms with E-state index < -0.39 is 113 Å². The van der Waals surface area contributed by atoms with Crippen LogP contribution in [0.2, 0.25) is 0 Å². The summed E-state index contributed by atoms with van der Waals surface area (Å²) in [6, 6.07) is 4.88. The Kier molecular flexibility index (Phi) is 26.3. The monoisotopic (exact) mass is 1230 g/mol. The number of para-hydroxylation sites is 1. The fourth-order valence-corrected chi connectivity index (χ4v) is 12.9. The fraction of sp³-hybridized carbons (Fsp3) is 0.544. The van der Waals surface area contributed by atoms with Crippen LogP contribution < -0.4 is 65.5 Å². The van der Waals surface area contributed by atoms with E-state index in [-0.39, 0.29) is 94.4 Å². The molecule has 2 aromatic carbocycles. The van der Waals surface area contributed by atoms with Crippen molar-refractivity contribution in [3.8, 4) is 0 Å². The molecule has 29 heteroatoms. The van der Waals surface area contributed by atoms with Crippen molar-refractivity contribution in [1.29, 1.82) is 0 Å². The molecule has 3 aliphatic rings. The minimum atomic E-state index is -1.45. The first-order valence-corrected chi connectivity index (χ1v) is 31.6. The first kappa shape index (κ1) is 67.2. The van der Waals surface area contributed by atoms with Crippen LogP contribution in [0.1, 0.15) is 95.1 Å². The lowest BCUT2D eigenvalue weighted by Crippen LogP contribution is -2.61. The molecule has 27 nitrogen and oxygen atoms in total. The summed E-state index contributed by atoms with van der Waals surface area (Å²) in [5.41, 5.74) is 24.4. The average molecular weight is 1230 g/mol. The third-order valence-electron chi connectivity index (χ3n) is 15.1. The van der Waals surface area contributed by atoms with Gasteiger partial charge in [-0.2, -0.15) is 0 Å². The summed E-state index contributed by atoms with van der Waals surface area (Å²) >= 11 is 0. The van der Waals surface area contributed by atoms with E-state index in [0.29, 0.717) is 56.2 Å². The smallest absolute Gasteiger partial charge is 0.246 e. The topological polar surface area (TPSA) is 423 Å². The number of amides is 11. The normalized spacial score (nSPS) is 23.3. The number of guanidine groups is 1. The Hall–Kier alpha value is -7.92. The van der Waals surface area contributed by atoms with Gasteiger partial charge in [-0.1, -0.05) is 70.1 Å². The Morgan fingerprint density at radius 1 is 0.698 bits per heavy atom. The number of hydrogen-bond acceptors (Lipinski definition) is 15. The molecule has 3 aliphatic heterocycles. The highest BCUT2D eigenvalue weighted by Crippen LogP contribution is 2.29. The first-order chi connectivity index (χ1) is 41.3. The Morgan fingerprint density at radius 2 is 1.31 bits per heavy atom. The Labute approximate surface area is 507 Å². The highest BCUT2D eigenvalue weighted by atomic mass is 33.1. The second kappa shape index (κ2) is 33.7. The second-order valence-electron chi connectivity index (χ2n) is 21.5. The number of aromatic amines is 1. The van der Waals surface area contributed by atoms with Gasteiger partial charge in [-0.25, -0.2) is 0 Å². The third-order valence-corrected chi connectivity index (χ3v) is 17.6. The SMILES string of the molecule is CNC(=O)[C@H](CCCCN)NC(=O)[C@@H]1CCCN1C(=O)[C@@H]1CCCN1C(=O)[C@@H]1CSSCC[C@H](NC(C)=O)C(=O)N[C@@H](CCC(N)=O)C(=O)N[C@H](Cc2ccccc2)C(=O)N[C@@H](CCCN=C(N)N)C(=O)N[C@@H](Cc2c[nH]c3ccccc23)C(=O)N1. The molecule has 0 aliphatic carbocycles. The predicted molar refractivity (Wildman–Crippen MR) is 326 cm³/mol. The van der Waals surface area contributed by atoms with Crippen molar-refractivity contribution in [2.75, 3.05) is 44.7 Å². The molecule has 9 atom stereocenters. The lowest BCUT2D eigenvalue weighted by Gasteiger charge is -2.33. The molecule has 17 N–H and O–H groups in total. The van der Waals surface area contributed by atoms with Gasteiger partial charge in [0, 0.05) is 81.5 Å². The van der Waals surface area contributed by atoms with Gasteiger partial charge in [0.25, 0.3) is 0 Å². The quantitative estimate of drug-likeness (QED) is 0.0245. The van der Waals surface area contributed by atoms with E-state index in [9.17, 15) is 43.2 Å². The number of aliphatic imine (C=N–C) groups is 1. The zero-order valence-corrected chi connectivity index (χ0v) is 50.2. The van der Waals surface area contributed by atoms with E-state index >= 15 is 9.59 Å². The minimum absolute atomic E-state index is 0.00854. The van der Waals surface area contributed by atoms with Gasteiger partial charge < -0.3 is 80.3 Å². The van der Waals surface area contributed by atoms with Gasteiger partial charge in [-0.3, -0.25) is 57.7 Å². The summed E-state index contributed by atoms with van der Waals surface area (Å²) < 4.78 is 0. The number of hydrogen-bond donors (Lipinski definition) is 13. The van der Waals surface area contributed by atoms with E-state index in [2.05, 4.69) is 52.5 Å². The Bertz CT molecular complexity index is 2910. The highest BCUT2D eigenvalue weighted by molar-refractivity contribution is 8.76. The molecule has 468 valence electrons. The summed E-state index contributed by atoms with van der Waals surface area (Å²) in [4.78, 5) is 165. The number of aromatic nitrogens is 1. The summed E-state index contributed by atoms with van der Waals surface area (Å²) in [5.74, 6) is -7.63. The van der Waals surface area contributed by atoms with Crippen molar-refractivity contribution in [2.45, 2.75) is 151 Å². The zero-order chi connectivity index (χ0) is 62.3. The molecule has 3 fully saturated rings. The molecule has 3 saturated heterocycles. The molecule has 4 heterocycles. The van der Waals surface area contributed by atoms with Gasteiger partial charge in [-0.05, 0) is 94.4 Å². The number of primary amides is 1. The molecular formula is C57H82N16O11S2. The highest BCUT2D eigenvalue weighted by Gasteiger charge is 2.45. The van der Waals surface area contributed by atoms with Crippen molar-refractivity contribution in [3.05, 3.63) is 71.9 Å². The number of likely N-dealkylation sites (tertiary alicyclic amines) is 2. The lowest BCUT2D eigenvalue weighted by molar-refractivity contribution is -0.148. The molecule has 11 amide bonds. The first-order valence-electron chi connectivity index (χ1n) is 29.1. The van der Waals surface area contributed by atoms with Crippen LogP contribution in [0.3, 0.4) is 0 Å². The minimum Gasteiger partial charge on any atom is -0.370 e. The summed E-state index contributed by atoms with van der Waals surface area (Å²) in [6.07, 6.45) is 3.88. The fourth-order valence-electron chi connectivity index (χ4n) is 10.7. The van der Waals surface area contributed by atoms with Gasteiger partial charge in [-0.15, -0.1) is 0 Å². The van der Waals surface area contributed by atoms with E-state index in [1.54, 1.807) is 36.5 Å². The van der Waals surface area contributed by atoms with Crippen LogP contribution in [0.4, 0.5) is 0 Å². The zero-order valence-electron chi connectivity index (χ0n) is 48.6. The van der Waals surface area contributed by atoms with E-state index in [1.165, 1.54) is 34.6 Å². The standard InChI is InChI=1S/C57H82N16O11S2/c1-33(74)65-41-23-28-85-86-32-44(55(83)73-27-12-20-46(73)56(84)72-26-11-19-45(72)54(82)68-38(48(76)62-2)17-8-9-24-58)71-53(81)43(30-35-31-64-37-16-7-6-15-36(35)37)70-49(77)39(18-10-25-63-57(60)61)66-52(80)42(29-34-13-4-3-5-14-34)69-50(78)40(67-51(41)79)21-22-47(59)75/h3-7,13-16,31,38-46,64H,8-12,17-30,32,58H2,1-2H3,(H2,59,75)(H,62,76)(H,65,74)(H,66,80)(H,67,79)(H,68,82)(H,69,78)(H,70,77)(H,71,81)(H4,60,61,63)/t38-,39-,40-,41-,42+,43-,44-,45-,46-/m0/s1. The van der Waals surface area contributed by atoms with Gasteiger partial charge in [0.15, 0.2) is 5.96 Å². The summed E-state index contributed by atoms with van der Waals surface area (Å²) in [5, 5.41) is 22.6. The molecule has 86 heavy (non-hydrogen) atoms. The maximum absolute atomic E-state index is 15.2. The molecule has 0 unspecified atom stereocenters. The van der Waals surface area contributed by atoms with Crippen LogP contribution in [-0.2, 0) is 65.6 Å². The Morgan fingerprint density at radius 3 is 1.99 bits per heavy atom.